The lowest BCUT2D eigenvalue weighted by Gasteiger charge is -1.98. The fraction of sp³-hybridized carbons (Fsp3) is 0.0833. The van der Waals surface area contributed by atoms with Crippen molar-refractivity contribution in [1.29, 1.82) is 0 Å². The van der Waals surface area contributed by atoms with E-state index in [2.05, 4.69) is 12.1 Å². The minimum absolute atomic E-state index is 1.19. The summed E-state index contributed by atoms with van der Waals surface area (Å²) in [6.07, 6.45) is 3.78. The molecule has 0 aliphatic heterocycles. The second-order valence-corrected chi connectivity index (χ2v) is 3.49. The largest absolute Gasteiger partial charge is 0.673 e. The molecule has 2 rings (SSSR count). The van der Waals surface area contributed by atoms with Crippen LogP contribution in [-0.4, -0.2) is 14.4 Å². The Balaban J connectivity index is 0.000000312. The average molecular weight is 273 g/mol. The first-order chi connectivity index (χ1) is 8.90. The number of hydrogen-bond donors (Lipinski definition) is 0. The predicted molar refractivity (Wildman–Crippen MR) is 64.8 cm³/mol. The van der Waals surface area contributed by atoms with Gasteiger partial charge in [0, 0.05) is 16.9 Å². The highest BCUT2D eigenvalue weighted by molar-refractivity contribution is 6.50. The number of aromatic nitrogens is 1. The highest BCUT2D eigenvalue weighted by atomic mass is 19.5. The molecule has 1 aromatic heterocycles. The molecule has 1 aromatic carbocycles. The Morgan fingerprint density at radius 3 is 1.68 bits per heavy atom. The van der Waals surface area contributed by atoms with E-state index in [0.29, 0.717) is 0 Å². The normalized spacial score (nSPS) is 10.4. The van der Waals surface area contributed by atoms with Gasteiger partial charge in [-0.15, -0.1) is 0 Å². The summed E-state index contributed by atoms with van der Waals surface area (Å²) in [4.78, 5) is 5.02. The quantitative estimate of drug-likeness (QED) is 0.465. The number of benzene rings is 1. The molecule has 0 unspecified atom stereocenters. The smallest absolute Gasteiger partial charge is 0.418 e. The minimum atomic E-state index is -6.00. The van der Waals surface area contributed by atoms with E-state index in [1.165, 1.54) is 11.1 Å². The molecule has 1 heterocycles. The highest BCUT2D eigenvalue weighted by Crippen LogP contribution is 2.16. The Bertz CT molecular complexity index is 481. The Hall–Kier alpha value is -2.05. The van der Waals surface area contributed by atoms with E-state index in [9.17, 15) is 17.3 Å². The third-order valence-electron chi connectivity index (χ3n) is 2.12. The van der Waals surface area contributed by atoms with E-state index in [0.717, 1.165) is 0 Å². The lowest BCUT2D eigenvalue weighted by Crippen LogP contribution is -2.39. The number of halogens is 4. The third kappa shape index (κ3) is 6.45. The summed E-state index contributed by atoms with van der Waals surface area (Å²) < 4.78 is 40.7. The van der Waals surface area contributed by atoms with Gasteiger partial charge < -0.3 is 17.3 Å². The molecular formula is C12H12BF4NO. The number of rotatable bonds is 2. The summed E-state index contributed by atoms with van der Waals surface area (Å²) in [6.45, 7) is 0. The summed E-state index contributed by atoms with van der Waals surface area (Å²) in [5.41, 5.74) is 2.41. The van der Waals surface area contributed by atoms with Gasteiger partial charge in [0.15, 0.2) is 0 Å². The first-order valence-corrected chi connectivity index (χ1v) is 5.38. The van der Waals surface area contributed by atoms with Crippen LogP contribution < -0.4 is 9.57 Å². The van der Waals surface area contributed by atoms with Crippen LogP contribution in [-0.2, 0) is 0 Å². The average Bonchev–Trinajstić information content (AvgIpc) is 2.38. The van der Waals surface area contributed by atoms with Crippen LogP contribution in [0, 0.1) is 0 Å². The van der Waals surface area contributed by atoms with Crippen molar-refractivity contribution in [2.75, 3.05) is 7.11 Å². The van der Waals surface area contributed by atoms with E-state index >= 15 is 0 Å². The van der Waals surface area contributed by atoms with Crippen molar-refractivity contribution in [1.82, 2.24) is 0 Å². The van der Waals surface area contributed by atoms with Crippen LogP contribution in [0.2, 0.25) is 0 Å². The van der Waals surface area contributed by atoms with E-state index in [-0.39, 0.29) is 0 Å². The van der Waals surface area contributed by atoms with Crippen LogP contribution in [0.25, 0.3) is 11.1 Å². The van der Waals surface area contributed by atoms with E-state index in [1.54, 1.807) is 11.8 Å². The van der Waals surface area contributed by atoms with Crippen molar-refractivity contribution in [2.24, 2.45) is 0 Å². The van der Waals surface area contributed by atoms with Crippen LogP contribution in [0.3, 0.4) is 0 Å². The maximum Gasteiger partial charge on any atom is 0.673 e. The lowest BCUT2D eigenvalue weighted by atomic mass is 10.1. The fourth-order valence-electron chi connectivity index (χ4n) is 1.36. The number of pyridine rings is 1. The molecule has 0 atom stereocenters. The number of nitrogens with zero attached hydrogens (tertiary/aromatic N) is 1. The van der Waals surface area contributed by atoms with E-state index in [1.807, 2.05) is 42.7 Å². The van der Waals surface area contributed by atoms with Gasteiger partial charge in [0.05, 0.1) is 0 Å². The van der Waals surface area contributed by atoms with Gasteiger partial charge in [-0.05, 0) is 11.1 Å². The van der Waals surface area contributed by atoms with E-state index < -0.39 is 7.25 Å². The molecular weight excluding hydrogens is 261 g/mol. The van der Waals surface area contributed by atoms with E-state index in [4.69, 9.17) is 4.84 Å². The fourth-order valence-corrected chi connectivity index (χ4v) is 1.36. The Kier molecular flexibility index (Phi) is 5.35. The van der Waals surface area contributed by atoms with Gasteiger partial charge in [0.1, 0.15) is 7.11 Å². The molecule has 2 nitrogen and oxygen atoms in total. The molecule has 0 N–H and O–H groups in total. The molecule has 0 spiro atoms. The van der Waals surface area contributed by atoms with Crippen molar-refractivity contribution in [3.63, 3.8) is 0 Å². The molecule has 0 amide bonds. The van der Waals surface area contributed by atoms with Crippen LogP contribution in [0.5, 0.6) is 0 Å². The topological polar surface area (TPSA) is 13.1 Å². The SMILES string of the molecule is CO[n+]1ccc(-c2ccccc2)cc1.F[B-](F)(F)F. The lowest BCUT2D eigenvalue weighted by molar-refractivity contribution is -0.885. The van der Waals surface area contributed by atoms with Gasteiger partial charge in [-0.25, -0.2) is 0 Å². The van der Waals surface area contributed by atoms with Gasteiger partial charge in [-0.1, -0.05) is 30.3 Å². The predicted octanol–water partition coefficient (Wildman–Crippen LogP) is 3.00. The molecule has 19 heavy (non-hydrogen) atoms. The monoisotopic (exact) mass is 273 g/mol. The molecule has 0 saturated heterocycles. The summed E-state index contributed by atoms with van der Waals surface area (Å²) in [6, 6.07) is 14.3. The standard InChI is InChI=1S/C12H12NO.BF4/c1-14-13-9-7-12(8-10-13)11-5-3-2-4-6-11;2-1(3,4)5/h2-10H,1H3;/q+1;-1. The second-order valence-electron chi connectivity index (χ2n) is 3.49. The van der Waals surface area contributed by atoms with Crippen molar-refractivity contribution in [2.45, 2.75) is 0 Å². The van der Waals surface area contributed by atoms with Crippen molar-refractivity contribution in [3.05, 3.63) is 54.9 Å². The first-order valence-electron chi connectivity index (χ1n) is 5.38. The minimum Gasteiger partial charge on any atom is -0.418 e. The molecule has 0 fully saturated rings. The van der Waals surface area contributed by atoms with Crippen molar-refractivity contribution in [3.8, 4) is 11.1 Å². The van der Waals surface area contributed by atoms with Gasteiger partial charge in [0.2, 0.25) is 12.4 Å². The molecule has 0 aliphatic rings. The summed E-state index contributed by atoms with van der Waals surface area (Å²) >= 11 is 0. The van der Waals surface area contributed by atoms with Gasteiger partial charge >= 0.3 is 7.25 Å². The highest BCUT2D eigenvalue weighted by Gasteiger charge is 2.20. The van der Waals surface area contributed by atoms with Crippen molar-refractivity contribution < 1.29 is 26.8 Å². The summed E-state index contributed by atoms with van der Waals surface area (Å²) in [5, 5.41) is 0. The number of hydrogen-bond acceptors (Lipinski definition) is 1. The Labute approximate surface area is 108 Å². The van der Waals surface area contributed by atoms with Crippen LogP contribution in [0.1, 0.15) is 0 Å². The second kappa shape index (κ2) is 6.77. The zero-order chi connectivity index (χ0) is 14.3. The summed E-state index contributed by atoms with van der Waals surface area (Å²) in [5.74, 6) is 0. The molecule has 2 aromatic rings. The third-order valence-corrected chi connectivity index (χ3v) is 2.12. The van der Waals surface area contributed by atoms with Crippen LogP contribution >= 0.6 is 0 Å². The Morgan fingerprint density at radius 2 is 1.26 bits per heavy atom. The summed E-state index contributed by atoms with van der Waals surface area (Å²) in [7, 11) is -4.36. The molecule has 0 saturated carbocycles. The molecule has 7 heteroatoms. The maximum absolute atomic E-state index is 9.75. The van der Waals surface area contributed by atoms with Crippen molar-refractivity contribution >= 4 is 7.25 Å². The van der Waals surface area contributed by atoms with Gasteiger partial charge in [0.25, 0.3) is 0 Å². The Morgan fingerprint density at radius 1 is 0.842 bits per heavy atom. The van der Waals surface area contributed by atoms with Crippen LogP contribution in [0.15, 0.2) is 54.9 Å². The molecule has 0 aliphatic carbocycles. The maximum atomic E-state index is 9.75. The zero-order valence-electron chi connectivity index (χ0n) is 10.1. The zero-order valence-corrected chi connectivity index (χ0v) is 10.1. The van der Waals surface area contributed by atoms with Gasteiger partial charge in [-0.3, -0.25) is 4.84 Å². The molecule has 0 bridgehead atoms. The first kappa shape index (κ1) is 15.0. The molecule has 102 valence electrons. The van der Waals surface area contributed by atoms with Crippen LogP contribution in [0.4, 0.5) is 17.3 Å². The van der Waals surface area contributed by atoms with Gasteiger partial charge in [-0.2, -0.15) is 0 Å². The molecule has 0 radical (unpaired) electrons.